The molecule has 0 saturated carbocycles. The van der Waals surface area contributed by atoms with Crippen molar-refractivity contribution in [1.29, 1.82) is 0 Å². The maximum Gasteiger partial charge on any atom is 0.279 e. The summed E-state index contributed by atoms with van der Waals surface area (Å²) in [5.74, 6) is -0.558. The molecule has 6 nitrogen and oxygen atoms in total. The Balaban J connectivity index is 1.55. The molecular weight excluding hydrogens is 312 g/mol. The summed E-state index contributed by atoms with van der Waals surface area (Å²) in [4.78, 5) is 26.0. The van der Waals surface area contributed by atoms with E-state index in [2.05, 4.69) is 16.0 Å². The molecule has 0 spiro atoms. The van der Waals surface area contributed by atoms with Crippen LogP contribution in [0.1, 0.15) is 44.3 Å². The first-order valence-electron chi connectivity index (χ1n) is 7.75. The standard InChI is InChI=1S/C16H20N4O2S/c1-10-7-11(2)20(19-10)9-15(21)17-18-16(22)14-8-12-5-3-4-6-13(12)23-14/h7-8H,3-6,9H2,1-2H3,(H,17,21)(H,18,22). The highest BCUT2D eigenvalue weighted by atomic mass is 32.1. The van der Waals surface area contributed by atoms with Crippen molar-refractivity contribution in [3.63, 3.8) is 0 Å². The molecule has 1 aliphatic rings. The summed E-state index contributed by atoms with van der Waals surface area (Å²) in [7, 11) is 0. The molecule has 0 saturated heterocycles. The molecule has 2 amide bonds. The zero-order valence-corrected chi connectivity index (χ0v) is 14.1. The van der Waals surface area contributed by atoms with Crippen molar-refractivity contribution >= 4 is 23.2 Å². The van der Waals surface area contributed by atoms with E-state index in [1.165, 1.54) is 34.6 Å². The van der Waals surface area contributed by atoms with Crippen molar-refractivity contribution in [3.05, 3.63) is 38.8 Å². The molecule has 0 unspecified atom stereocenters. The monoisotopic (exact) mass is 332 g/mol. The zero-order chi connectivity index (χ0) is 16.4. The van der Waals surface area contributed by atoms with Crippen molar-refractivity contribution in [3.8, 4) is 0 Å². The van der Waals surface area contributed by atoms with E-state index in [9.17, 15) is 9.59 Å². The van der Waals surface area contributed by atoms with Crippen LogP contribution in [0.5, 0.6) is 0 Å². The number of thiophene rings is 1. The molecule has 2 heterocycles. The Labute approximate surface area is 138 Å². The van der Waals surface area contributed by atoms with Crippen LogP contribution >= 0.6 is 11.3 Å². The van der Waals surface area contributed by atoms with E-state index in [4.69, 9.17) is 0 Å². The van der Waals surface area contributed by atoms with Crippen LogP contribution in [0.3, 0.4) is 0 Å². The molecule has 122 valence electrons. The van der Waals surface area contributed by atoms with E-state index in [1.54, 1.807) is 4.68 Å². The van der Waals surface area contributed by atoms with Gasteiger partial charge in [0.2, 0.25) is 0 Å². The Bertz CT molecular complexity index is 724. The van der Waals surface area contributed by atoms with E-state index >= 15 is 0 Å². The van der Waals surface area contributed by atoms with Gasteiger partial charge in [0.25, 0.3) is 11.8 Å². The Hall–Kier alpha value is -2.15. The van der Waals surface area contributed by atoms with Gasteiger partial charge in [-0.05, 0) is 57.2 Å². The molecule has 1 aliphatic carbocycles. The lowest BCUT2D eigenvalue weighted by molar-refractivity contribution is -0.122. The van der Waals surface area contributed by atoms with Gasteiger partial charge in [0.15, 0.2) is 0 Å². The SMILES string of the molecule is Cc1cc(C)n(CC(=O)NNC(=O)c2cc3c(s2)CCCC3)n1. The number of carbonyl (C=O) groups excluding carboxylic acids is 2. The lowest BCUT2D eigenvalue weighted by Crippen LogP contribution is -2.43. The van der Waals surface area contributed by atoms with Crippen LogP contribution in [0, 0.1) is 13.8 Å². The topological polar surface area (TPSA) is 76.0 Å². The third kappa shape index (κ3) is 3.61. The number of hydrazine groups is 1. The summed E-state index contributed by atoms with van der Waals surface area (Å²) >= 11 is 1.52. The van der Waals surface area contributed by atoms with Gasteiger partial charge in [-0.3, -0.25) is 25.1 Å². The second kappa shape index (κ2) is 6.54. The van der Waals surface area contributed by atoms with Crippen LogP contribution in [0.25, 0.3) is 0 Å². The minimum absolute atomic E-state index is 0.0842. The molecule has 0 aromatic carbocycles. The van der Waals surface area contributed by atoms with E-state index in [1.807, 2.05) is 26.0 Å². The van der Waals surface area contributed by atoms with Crippen LogP contribution < -0.4 is 10.9 Å². The van der Waals surface area contributed by atoms with Gasteiger partial charge in [0, 0.05) is 10.6 Å². The van der Waals surface area contributed by atoms with Gasteiger partial charge in [-0.1, -0.05) is 0 Å². The fraction of sp³-hybridized carbons (Fsp3) is 0.438. The van der Waals surface area contributed by atoms with Crippen molar-refractivity contribution in [2.45, 2.75) is 46.1 Å². The molecule has 0 bridgehead atoms. The van der Waals surface area contributed by atoms with Crippen molar-refractivity contribution in [2.24, 2.45) is 0 Å². The number of nitrogens with zero attached hydrogens (tertiary/aromatic N) is 2. The number of rotatable bonds is 3. The van der Waals surface area contributed by atoms with E-state index in [-0.39, 0.29) is 18.4 Å². The maximum atomic E-state index is 12.2. The normalized spacial score (nSPS) is 13.5. The Morgan fingerprint density at radius 1 is 1.22 bits per heavy atom. The average molecular weight is 332 g/mol. The number of aryl methyl sites for hydroxylation is 4. The second-order valence-corrected chi connectivity index (χ2v) is 6.99. The van der Waals surface area contributed by atoms with Gasteiger partial charge in [0.05, 0.1) is 10.6 Å². The molecule has 2 aromatic rings. The highest BCUT2D eigenvalue weighted by Crippen LogP contribution is 2.29. The average Bonchev–Trinajstić information content (AvgIpc) is 3.08. The van der Waals surface area contributed by atoms with Gasteiger partial charge < -0.3 is 0 Å². The summed E-state index contributed by atoms with van der Waals surface area (Å²) < 4.78 is 1.61. The Kier molecular flexibility index (Phi) is 4.47. The fourth-order valence-corrected chi connectivity index (χ4v) is 3.95. The summed E-state index contributed by atoms with van der Waals surface area (Å²) in [5.41, 5.74) is 7.99. The molecule has 0 aliphatic heterocycles. The molecule has 2 N–H and O–H groups in total. The van der Waals surface area contributed by atoms with Gasteiger partial charge in [-0.15, -0.1) is 11.3 Å². The molecule has 0 radical (unpaired) electrons. The summed E-state index contributed by atoms with van der Waals surface area (Å²) in [6, 6.07) is 3.85. The molecule has 2 aromatic heterocycles. The smallest absolute Gasteiger partial charge is 0.271 e. The molecule has 3 rings (SSSR count). The predicted molar refractivity (Wildman–Crippen MR) is 88.3 cm³/mol. The number of amides is 2. The van der Waals surface area contributed by atoms with Crippen LogP contribution in [0.15, 0.2) is 12.1 Å². The first-order chi connectivity index (χ1) is 11.0. The van der Waals surface area contributed by atoms with Crippen molar-refractivity contribution in [2.75, 3.05) is 0 Å². The number of hydrogen-bond donors (Lipinski definition) is 2. The van der Waals surface area contributed by atoms with E-state index in [0.717, 1.165) is 24.2 Å². The molecule has 23 heavy (non-hydrogen) atoms. The van der Waals surface area contributed by atoms with Gasteiger partial charge in [-0.2, -0.15) is 5.10 Å². The molecule has 7 heteroatoms. The maximum absolute atomic E-state index is 12.2. The third-order valence-electron chi connectivity index (χ3n) is 3.93. The Morgan fingerprint density at radius 3 is 2.70 bits per heavy atom. The minimum atomic E-state index is -0.300. The highest BCUT2D eigenvalue weighted by molar-refractivity contribution is 7.14. The number of fused-ring (bicyclic) bond motifs is 1. The van der Waals surface area contributed by atoms with Crippen molar-refractivity contribution < 1.29 is 9.59 Å². The van der Waals surface area contributed by atoms with Gasteiger partial charge in [-0.25, -0.2) is 0 Å². The van der Waals surface area contributed by atoms with Crippen molar-refractivity contribution in [1.82, 2.24) is 20.6 Å². The number of hydrogen-bond acceptors (Lipinski definition) is 4. The summed E-state index contributed by atoms with van der Waals surface area (Å²) in [5, 5.41) is 4.22. The summed E-state index contributed by atoms with van der Waals surface area (Å²) in [6.07, 6.45) is 4.47. The second-order valence-electron chi connectivity index (χ2n) is 5.85. The van der Waals surface area contributed by atoms with Crippen LogP contribution in [-0.2, 0) is 24.2 Å². The predicted octanol–water partition coefficient (Wildman–Crippen LogP) is 1.90. The van der Waals surface area contributed by atoms with E-state index < -0.39 is 0 Å². The number of carbonyl (C=O) groups is 2. The fourth-order valence-electron chi connectivity index (χ4n) is 2.80. The van der Waals surface area contributed by atoms with Gasteiger partial charge >= 0.3 is 0 Å². The van der Waals surface area contributed by atoms with Crippen LogP contribution in [0.4, 0.5) is 0 Å². The zero-order valence-electron chi connectivity index (χ0n) is 13.3. The summed E-state index contributed by atoms with van der Waals surface area (Å²) in [6.45, 7) is 3.85. The van der Waals surface area contributed by atoms with E-state index in [0.29, 0.717) is 4.88 Å². The van der Waals surface area contributed by atoms with Gasteiger partial charge in [0.1, 0.15) is 6.54 Å². The molecule has 0 fully saturated rings. The highest BCUT2D eigenvalue weighted by Gasteiger charge is 2.17. The molecular formula is C16H20N4O2S. The first kappa shape index (κ1) is 15.7. The number of aromatic nitrogens is 2. The van der Waals surface area contributed by atoms with Crippen LogP contribution in [0.2, 0.25) is 0 Å². The number of nitrogens with one attached hydrogen (secondary N) is 2. The molecule has 0 atom stereocenters. The first-order valence-corrected chi connectivity index (χ1v) is 8.56. The lowest BCUT2D eigenvalue weighted by Gasteiger charge is -2.08. The third-order valence-corrected chi connectivity index (χ3v) is 5.17. The lowest BCUT2D eigenvalue weighted by atomic mass is 9.99. The quantitative estimate of drug-likeness (QED) is 0.843. The van der Waals surface area contributed by atoms with Crippen LogP contribution in [-0.4, -0.2) is 21.6 Å². The largest absolute Gasteiger partial charge is 0.279 e. The minimum Gasteiger partial charge on any atom is -0.271 e. The Morgan fingerprint density at radius 2 is 2.00 bits per heavy atom.